The van der Waals surface area contributed by atoms with E-state index in [-0.39, 0.29) is 5.92 Å². The third-order valence-electron chi connectivity index (χ3n) is 3.23. The Morgan fingerprint density at radius 2 is 1.50 bits per heavy atom. The maximum atomic E-state index is 10.1. The van der Waals surface area contributed by atoms with Crippen molar-refractivity contribution in [3.8, 4) is 11.1 Å². The minimum Gasteiger partial charge on any atom is -0.388 e. The minimum absolute atomic E-state index is 0.0626. The van der Waals surface area contributed by atoms with Crippen molar-refractivity contribution in [2.45, 2.75) is 13.0 Å². The molecule has 2 aromatic rings. The second-order valence-corrected chi connectivity index (χ2v) is 4.53. The summed E-state index contributed by atoms with van der Waals surface area (Å²) in [6.07, 6.45) is 1.29. The Kier molecular flexibility index (Phi) is 3.96. The van der Waals surface area contributed by atoms with Crippen LogP contribution >= 0.6 is 0 Å². The van der Waals surface area contributed by atoms with Crippen molar-refractivity contribution in [3.63, 3.8) is 0 Å². The Bertz CT molecular complexity index is 499. The van der Waals surface area contributed by atoms with Gasteiger partial charge < -0.3 is 5.11 Å². The van der Waals surface area contributed by atoms with Crippen molar-refractivity contribution in [1.82, 2.24) is 0 Å². The summed E-state index contributed by atoms with van der Waals surface area (Å²) in [4.78, 5) is 0. The lowest BCUT2D eigenvalue weighted by Crippen LogP contribution is -2.06. The Morgan fingerprint density at radius 3 is 2.06 bits per heavy atom. The smallest absolute Gasteiger partial charge is 0.0849 e. The Morgan fingerprint density at radius 1 is 0.944 bits per heavy atom. The van der Waals surface area contributed by atoms with Crippen LogP contribution in [0.15, 0.2) is 67.3 Å². The van der Waals surface area contributed by atoms with Crippen LogP contribution in [0.1, 0.15) is 18.6 Å². The first kappa shape index (κ1) is 12.6. The molecular weight excluding hydrogens is 220 g/mol. The Hall–Kier alpha value is -1.86. The van der Waals surface area contributed by atoms with Crippen LogP contribution in [-0.4, -0.2) is 5.11 Å². The standard InChI is InChI=1S/C17H18O/c1-3-13(2)17(18)16-11-9-15(10-12-16)14-7-5-4-6-8-14/h3-13,17-18H,1H2,2H3/t13-,17+/m1/s1. The molecule has 2 rings (SSSR count). The predicted molar refractivity (Wildman–Crippen MR) is 76.2 cm³/mol. The molecule has 0 aromatic heterocycles. The molecule has 0 aliphatic heterocycles. The van der Waals surface area contributed by atoms with Crippen LogP contribution < -0.4 is 0 Å². The molecule has 2 aromatic carbocycles. The van der Waals surface area contributed by atoms with Crippen LogP contribution in [0.3, 0.4) is 0 Å². The van der Waals surface area contributed by atoms with Crippen molar-refractivity contribution in [1.29, 1.82) is 0 Å². The maximum Gasteiger partial charge on any atom is 0.0849 e. The third kappa shape index (κ3) is 2.69. The number of hydrogen-bond donors (Lipinski definition) is 1. The number of aliphatic hydroxyl groups is 1. The van der Waals surface area contributed by atoms with Crippen molar-refractivity contribution >= 4 is 0 Å². The number of benzene rings is 2. The average molecular weight is 238 g/mol. The quantitative estimate of drug-likeness (QED) is 0.791. The molecule has 2 atom stereocenters. The molecule has 0 spiro atoms. The molecule has 0 aliphatic rings. The summed E-state index contributed by atoms with van der Waals surface area (Å²) < 4.78 is 0. The van der Waals surface area contributed by atoms with Crippen LogP contribution in [0.5, 0.6) is 0 Å². The molecule has 0 saturated carbocycles. The fourth-order valence-electron chi connectivity index (χ4n) is 1.94. The molecule has 0 bridgehead atoms. The van der Waals surface area contributed by atoms with Gasteiger partial charge in [-0.05, 0) is 16.7 Å². The SMILES string of the molecule is C=C[C@@H](C)[C@H](O)c1ccc(-c2ccccc2)cc1. The number of aliphatic hydroxyl groups excluding tert-OH is 1. The van der Waals surface area contributed by atoms with E-state index in [2.05, 4.69) is 18.7 Å². The van der Waals surface area contributed by atoms with E-state index in [9.17, 15) is 5.11 Å². The molecule has 0 heterocycles. The average Bonchev–Trinajstić information content (AvgIpc) is 2.47. The van der Waals surface area contributed by atoms with E-state index < -0.39 is 6.10 Å². The van der Waals surface area contributed by atoms with Crippen LogP contribution in [0.25, 0.3) is 11.1 Å². The Labute approximate surface area is 108 Å². The van der Waals surface area contributed by atoms with Gasteiger partial charge in [0.05, 0.1) is 6.10 Å². The lowest BCUT2D eigenvalue weighted by Gasteiger charge is -2.15. The zero-order valence-corrected chi connectivity index (χ0v) is 10.6. The van der Waals surface area contributed by atoms with Crippen LogP contribution in [-0.2, 0) is 0 Å². The van der Waals surface area contributed by atoms with Crippen LogP contribution in [0.4, 0.5) is 0 Å². The topological polar surface area (TPSA) is 20.2 Å². The van der Waals surface area contributed by atoms with Crippen LogP contribution in [0, 0.1) is 5.92 Å². The monoisotopic (exact) mass is 238 g/mol. The first-order valence-electron chi connectivity index (χ1n) is 6.18. The molecule has 0 aliphatic carbocycles. The summed E-state index contributed by atoms with van der Waals surface area (Å²) in [5.41, 5.74) is 3.29. The zero-order valence-electron chi connectivity index (χ0n) is 10.6. The summed E-state index contributed by atoms with van der Waals surface area (Å²) in [5.74, 6) is 0.0626. The lowest BCUT2D eigenvalue weighted by molar-refractivity contribution is 0.140. The van der Waals surface area contributed by atoms with E-state index in [1.807, 2.05) is 49.4 Å². The van der Waals surface area contributed by atoms with E-state index in [1.54, 1.807) is 6.08 Å². The molecule has 0 amide bonds. The normalized spacial score (nSPS) is 13.9. The summed E-state index contributed by atoms with van der Waals surface area (Å²) in [7, 11) is 0. The zero-order chi connectivity index (χ0) is 13.0. The van der Waals surface area contributed by atoms with Crippen LogP contribution in [0.2, 0.25) is 0 Å². The third-order valence-corrected chi connectivity index (χ3v) is 3.23. The molecular formula is C17H18O. The summed E-state index contributed by atoms with van der Waals surface area (Å²) in [6, 6.07) is 18.3. The van der Waals surface area contributed by atoms with E-state index >= 15 is 0 Å². The molecule has 92 valence electrons. The maximum absolute atomic E-state index is 10.1. The van der Waals surface area contributed by atoms with Gasteiger partial charge in [-0.1, -0.05) is 67.6 Å². The molecule has 0 unspecified atom stereocenters. The second kappa shape index (κ2) is 5.65. The molecule has 18 heavy (non-hydrogen) atoms. The molecule has 0 fully saturated rings. The van der Waals surface area contributed by atoms with Gasteiger partial charge >= 0.3 is 0 Å². The van der Waals surface area contributed by atoms with Gasteiger partial charge in [0.2, 0.25) is 0 Å². The van der Waals surface area contributed by atoms with E-state index in [1.165, 1.54) is 5.56 Å². The van der Waals surface area contributed by atoms with E-state index in [0.29, 0.717) is 0 Å². The van der Waals surface area contributed by atoms with Gasteiger partial charge in [0.25, 0.3) is 0 Å². The molecule has 1 N–H and O–H groups in total. The van der Waals surface area contributed by atoms with Gasteiger partial charge in [-0.25, -0.2) is 0 Å². The van der Waals surface area contributed by atoms with Gasteiger partial charge in [-0.15, -0.1) is 6.58 Å². The van der Waals surface area contributed by atoms with Gasteiger partial charge in [0.15, 0.2) is 0 Å². The molecule has 1 nitrogen and oxygen atoms in total. The predicted octanol–water partition coefficient (Wildman–Crippen LogP) is 4.21. The second-order valence-electron chi connectivity index (χ2n) is 4.53. The molecule has 0 saturated heterocycles. The highest BCUT2D eigenvalue weighted by Crippen LogP contribution is 2.25. The first-order valence-corrected chi connectivity index (χ1v) is 6.18. The summed E-state index contributed by atoms with van der Waals surface area (Å²) >= 11 is 0. The lowest BCUT2D eigenvalue weighted by atomic mass is 9.95. The summed E-state index contributed by atoms with van der Waals surface area (Å²) in [5, 5.41) is 10.1. The van der Waals surface area contributed by atoms with E-state index in [0.717, 1.165) is 11.1 Å². The fraction of sp³-hybridized carbons (Fsp3) is 0.176. The number of rotatable bonds is 4. The van der Waals surface area contributed by atoms with Gasteiger partial charge in [0, 0.05) is 5.92 Å². The highest BCUT2D eigenvalue weighted by atomic mass is 16.3. The minimum atomic E-state index is -0.479. The van der Waals surface area contributed by atoms with Crippen molar-refractivity contribution in [3.05, 3.63) is 72.8 Å². The number of hydrogen-bond acceptors (Lipinski definition) is 1. The van der Waals surface area contributed by atoms with E-state index in [4.69, 9.17) is 0 Å². The highest BCUT2D eigenvalue weighted by Gasteiger charge is 2.12. The summed E-state index contributed by atoms with van der Waals surface area (Å²) in [6.45, 7) is 5.67. The van der Waals surface area contributed by atoms with Gasteiger partial charge in [0.1, 0.15) is 0 Å². The molecule has 1 heteroatoms. The first-order chi connectivity index (χ1) is 8.72. The van der Waals surface area contributed by atoms with Gasteiger partial charge in [-0.3, -0.25) is 0 Å². The fourth-order valence-corrected chi connectivity index (χ4v) is 1.94. The van der Waals surface area contributed by atoms with Gasteiger partial charge in [-0.2, -0.15) is 0 Å². The highest BCUT2D eigenvalue weighted by molar-refractivity contribution is 5.63. The largest absolute Gasteiger partial charge is 0.388 e. The van der Waals surface area contributed by atoms with Crippen molar-refractivity contribution in [2.24, 2.45) is 5.92 Å². The van der Waals surface area contributed by atoms with Crippen molar-refractivity contribution in [2.75, 3.05) is 0 Å². The Balaban J connectivity index is 2.23. The molecule has 0 radical (unpaired) electrons. The van der Waals surface area contributed by atoms with Crippen molar-refractivity contribution < 1.29 is 5.11 Å².